The molecule has 0 spiro atoms. The number of benzene rings is 1. The van der Waals surface area contributed by atoms with Crippen LogP contribution in [0, 0.1) is 5.82 Å². The van der Waals surface area contributed by atoms with E-state index >= 15 is 0 Å². The summed E-state index contributed by atoms with van der Waals surface area (Å²) in [5, 5.41) is 2.53. The molecule has 2 heterocycles. The average Bonchev–Trinajstić information content (AvgIpc) is 2.72. The molecule has 0 unspecified atom stereocenters. The lowest BCUT2D eigenvalue weighted by molar-refractivity contribution is 0.0658. The Morgan fingerprint density at radius 3 is 2.45 bits per heavy atom. The molecule has 2 aromatic heterocycles. The average molecular weight is 405 g/mol. The van der Waals surface area contributed by atoms with Crippen LogP contribution in [0.4, 0.5) is 17.6 Å². The van der Waals surface area contributed by atoms with E-state index in [-0.39, 0.29) is 15.8 Å². The van der Waals surface area contributed by atoms with Crippen LogP contribution in [-0.2, 0) is 6.67 Å². The van der Waals surface area contributed by atoms with Crippen molar-refractivity contribution in [2.45, 2.75) is 19.3 Å². The molecular weight excluding hydrogens is 390 g/mol. The van der Waals surface area contributed by atoms with Gasteiger partial charge in [0.05, 0.1) is 11.6 Å². The summed E-state index contributed by atoms with van der Waals surface area (Å²) in [5.74, 6) is -1.51. The molecule has 150 valence electrons. The molecule has 0 fully saturated rings. The van der Waals surface area contributed by atoms with Crippen LogP contribution < -0.4 is 10.9 Å². The highest BCUT2D eigenvalue weighted by Gasteiger charge is 2.23. The summed E-state index contributed by atoms with van der Waals surface area (Å²) in [6, 6.07) is 9.38. The number of alkyl halides is 3. The van der Waals surface area contributed by atoms with E-state index in [1.165, 1.54) is 36.5 Å². The van der Waals surface area contributed by atoms with Crippen molar-refractivity contribution < 1.29 is 22.4 Å². The highest BCUT2D eigenvalue weighted by atomic mass is 19.3. The van der Waals surface area contributed by atoms with Gasteiger partial charge in [0, 0.05) is 18.5 Å². The topological polar surface area (TPSA) is 64.0 Å². The number of nitrogens with zero attached hydrogens (tertiary/aromatic N) is 2. The maximum absolute atomic E-state index is 14.3. The van der Waals surface area contributed by atoms with E-state index in [0.29, 0.717) is 11.1 Å². The fraction of sp³-hybridized carbons (Fsp3) is 0.150. The second-order valence-corrected chi connectivity index (χ2v) is 6.09. The van der Waals surface area contributed by atoms with Crippen molar-refractivity contribution in [1.82, 2.24) is 14.9 Å². The Hall–Kier alpha value is -3.49. The van der Waals surface area contributed by atoms with E-state index in [1.54, 1.807) is 0 Å². The smallest absolute Gasteiger partial charge is 0.321 e. The van der Waals surface area contributed by atoms with E-state index in [1.807, 2.05) is 0 Å². The second kappa shape index (κ2) is 8.68. The number of hydrogen-bond donors (Lipinski definition) is 1. The fourth-order valence-corrected chi connectivity index (χ4v) is 2.72. The van der Waals surface area contributed by atoms with Gasteiger partial charge in [0.15, 0.2) is 0 Å². The molecule has 0 saturated carbocycles. The van der Waals surface area contributed by atoms with Gasteiger partial charge in [-0.3, -0.25) is 19.1 Å². The number of carbonyl (C=O) groups is 1. The minimum atomic E-state index is -3.12. The van der Waals surface area contributed by atoms with E-state index in [9.17, 15) is 27.2 Å². The number of amides is 1. The summed E-state index contributed by atoms with van der Waals surface area (Å²) in [7, 11) is 0. The Bertz CT molecular complexity index is 1070. The molecule has 1 amide bonds. The fourth-order valence-electron chi connectivity index (χ4n) is 2.72. The van der Waals surface area contributed by atoms with Crippen LogP contribution in [-0.4, -0.2) is 15.5 Å². The Kier molecular flexibility index (Phi) is 6.06. The van der Waals surface area contributed by atoms with Crippen molar-refractivity contribution in [3.8, 4) is 0 Å². The molecule has 0 radical (unpaired) electrons. The van der Waals surface area contributed by atoms with E-state index in [2.05, 4.69) is 10.3 Å². The van der Waals surface area contributed by atoms with Crippen molar-refractivity contribution in [2.24, 2.45) is 0 Å². The Balaban J connectivity index is 1.99. The summed E-state index contributed by atoms with van der Waals surface area (Å²) in [4.78, 5) is 28.1. The Morgan fingerprint density at radius 1 is 1.10 bits per heavy atom. The van der Waals surface area contributed by atoms with Crippen molar-refractivity contribution in [2.75, 3.05) is 0 Å². The van der Waals surface area contributed by atoms with Gasteiger partial charge in [0.1, 0.15) is 18.2 Å². The van der Waals surface area contributed by atoms with Gasteiger partial charge in [-0.05, 0) is 29.3 Å². The van der Waals surface area contributed by atoms with Crippen LogP contribution in [0.5, 0.6) is 0 Å². The summed E-state index contributed by atoms with van der Waals surface area (Å²) >= 11 is 0. The Morgan fingerprint density at radius 2 is 1.83 bits per heavy atom. The first-order valence-corrected chi connectivity index (χ1v) is 8.47. The minimum Gasteiger partial charge on any atom is -0.339 e. The third-order valence-corrected chi connectivity index (χ3v) is 4.21. The number of halogens is 4. The van der Waals surface area contributed by atoms with Gasteiger partial charge in [-0.25, -0.2) is 8.78 Å². The monoisotopic (exact) mass is 405 g/mol. The van der Waals surface area contributed by atoms with E-state index in [0.717, 1.165) is 24.4 Å². The van der Waals surface area contributed by atoms with E-state index < -0.39 is 36.5 Å². The lowest BCUT2D eigenvalue weighted by Crippen LogP contribution is -2.32. The second-order valence-electron chi connectivity index (χ2n) is 6.09. The number of aromatic nitrogens is 2. The molecule has 5 nitrogen and oxygen atoms in total. The summed E-state index contributed by atoms with van der Waals surface area (Å²) in [6.45, 7) is -3.81. The molecule has 29 heavy (non-hydrogen) atoms. The molecule has 0 saturated heterocycles. The zero-order valence-electron chi connectivity index (χ0n) is 14.9. The zero-order chi connectivity index (χ0) is 21.0. The summed E-state index contributed by atoms with van der Waals surface area (Å²) in [6.07, 6.45) is 2.06. The number of pyridine rings is 2. The number of hydrogen-bond acceptors (Lipinski definition) is 3. The largest absolute Gasteiger partial charge is 0.339 e. The molecular formula is C20H15F4N3O2. The molecule has 3 rings (SSSR count). The molecule has 0 aliphatic rings. The lowest BCUT2D eigenvalue weighted by atomic mass is 10.0. The van der Waals surface area contributed by atoms with Crippen LogP contribution in [0.1, 0.15) is 39.8 Å². The van der Waals surface area contributed by atoms with E-state index in [4.69, 9.17) is 0 Å². The minimum absolute atomic E-state index is 0.101. The molecule has 0 aliphatic heterocycles. The first kappa shape index (κ1) is 20.2. The van der Waals surface area contributed by atoms with Crippen molar-refractivity contribution in [1.29, 1.82) is 0 Å². The van der Waals surface area contributed by atoms with Crippen LogP contribution >= 0.6 is 0 Å². The van der Waals surface area contributed by atoms with Crippen LogP contribution in [0.3, 0.4) is 0 Å². The van der Waals surface area contributed by atoms with Gasteiger partial charge in [0.25, 0.3) is 11.5 Å². The normalized spacial score (nSPS) is 12.0. The van der Waals surface area contributed by atoms with Crippen LogP contribution in [0.15, 0.2) is 65.7 Å². The van der Waals surface area contributed by atoms with Gasteiger partial charge in [-0.2, -0.15) is 8.78 Å². The molecule has 0 bridgehead atoms. The third-order valence-electron chi connectivity index (χ3n) is 4.21. The zero-order valence-corrected chi connectivity index (χ0v) is 14.9. The maximum Gasteiger partial charge on any atom is 0.321 e. The van der Waals surface area contributed by atoms with Gasteiger partial charge in [-0.15, -0.1) is 0 Å². The summed E-state index contributed by atoms with van der Waals surface area (Å²) < 4.78 is 53.1. The number of rotatable bonds is 6. The third kappa shape index (κ3) is 4.50. The SMILES string of the molecule is O=C(N[C@@H](c1ccc(CF)cc1)c1ncccc1F)c1ccc(=O)n(C(F)F)c1. The predicted molar refractivity (Wildman–Crippen MR) is 96.7 cm³/mol. The molecule has 3 aromatic rings. The molecule has 1 aromatic carbocycles. The quantitative estimate of drug-likeness (QED) is 0.635. The van der Waals surface area contributed by atoms with Gasteiger partial charge in [-0.1, -0.05) is 24.3 Å². The lowest BCUT2D eigenvalue weighted by Gasteiger charge is -2.20. The predicted octanol–water partition coefficient (Wildman–Crippen LogP) is 3.77. The standard InChI is InChI=1S/C20H15F4N3O2/c21-10-12-3-5-13(6-4-12)17(18-15(22)2-1-9-25-18)26-19(29)14-7-8-16(28)27(11-14)20(23)24/h1-9,11,17,20H,10H2,(H,26,29)/t17-/m0/s1. The number of nitrogens with one attached hydrogen (secondary N) is 1. The van der Waals surface area contributed by atoms with Gasteiger partial charge >= 0.3 is 6.55 Å². The van der Waals surface area contributed by atoms with Crippen molar-refractivity contribution in [3.05, 3.63) is 99.5 Å². The first-order chi connectivity index (χ1) is 13.9. The van der Waals surface area contributed by atoms with Crippen molar-refractivity contribution in [3.63, 3.8) is 0 Å². The van der Waals surface area contributed by atoms with Crippen LogP contribution in [0.25, 0.3) is 0 Å². The molecule has 0 aliphatic carbocycles. The molecule has 9 heteroatoms. The highest BCUT2D eigenvalue weighted by Crippen LogP contribution is 2.24. The number of carbonyl (C=O) groups excluding carboxylic acids is 1. The highest BCUT2D eigenvalue weighted by molar-refractivity contribution is 5.94. The summed E-state index contributed by atoms with van der Waals surface area (Å²) in [5.41, 5.74) is -0.479. The van der Waals surface area contributed by atoms with Gasteiger partial charge in [0.2, 0.25) is 0 Å². The molecule has 1 N–H and O–H groups in total. The van der Waals surface area contributed by atoms with Gasteiger partial charge < -0.3 is 5.32 Å². The maximum atomic E-state index is 14.3. The molecule has 1 atom stereocenters. The van der Waals surface area contributed by atoms with Crippen molar-refractivity contribution >= 4 is 5.91 Å². The Labute approximate surface area is 162 Å². The first-order valence-electron chi connectivity index (χ1n) is 8.47. The van der Waals surface area contributed by atoms with Crippen LogP contribution in [0.2, 0.25) is 0 Å².